The molecule has 0 aromatic carbocycles. The van der Waals surface area contributed by atoms with Gasteiger partial charge in [-0.25, -0.2) is 4.98 Å². The zero-order chi connectivity index (χ0) is 14.5. The molecule has 4 nitrogen and oxygen atoms in total. The number of aromatic nitrogens is 1. The molecular formula is C16H23N3O. The highest BCUT2D eigenvalue weighted by Gasteiger charge is 2.09. The van der Waals surface area contributed by atoms with Gasteiger partial charge in [-0.2, -0.15) is 0 Å². The number of aryl methyl sites for hydroxylation is 1. The molecule has 0 spiro atoms. The van der Waals surface area contributed by atoms with Gasteiger partial charge in [-0.3, -0.25) is 0 Å². The Balaban J connectivity index is 2.09. The van der Waals surface area contributed by atoms with Crippen LogP contribution in [0.5, 0.6) is 0 Å². The van der Waals surface area contributed by atoms with Crippen LogP contribution in [0.1, 0.15) is 37.0 Å². The third-order valence-corrected chi connectivity index (χ3v) is 3.36. The summed E-state index contributed by atoms with van der Waals surface area (Å²) in [6.45, 7) is 7.92. The molecule has 2 rings (SSSR count). The van der Waals surface area contributed by atoms with Crippen molar-refractivity contribution >= 4 is 5.82 Å². The van der Waals surface area contributed by atoms with Crippen molar-refractivity contribution < 1.29 is 4.42 Å². The quantitative estimate of drug-likeness (QED) is 0.877. The average molecular weight is 273 g/mol. The van der Waals surface area contributed by atoms with Crippen molar-refractivity contribution in [3.05, 3.63) is 47.5 Å². The first-order valence-corrected chi connectivity index (χ1v) is 7.06. The number of hydrogen-bond donors (Lipinski definition) is 1. The molecule has 4 heteroatoms. The molecule has 0 bridgehead atoms. The van der Waals surface area contributed by atoms with Gasteiger partial charge in [0.25, 0.3) is 0 Å². The Labute approximate surface area is 120 Å². The maximum atomic E-state index is 5.61. The average Bonchev–Trinajstić information content (AvgIpc) is 2.84. The fourth-order valence-electron chi connectivity index (χ4n) is 2.22. The lowest BCUT2D eigenvalue weighted by atomic mass is 10.1. The van der Waals surface area contributed by atoms with Gasteiger partial charge in [0.15, 0.2) is 0 Å². The van der Waals surface area contributed by atoms with Crippen LogP contribution in [0.25, 0.3) is 0 Å². The van der Waals surface area contributed by atoms with Crippen LogP contribution in [-0.4, -0.2) is 18.6 Å². The van der Waals surface area contributed by atoms with Gasteiger partial charge >= 0.3 is 0 Å². The van der Waals surface area contributed by atoms with Crippen LogP contribution in [0, 0.1) is 6.92 Å². The van der Waals surface area contributed by atoms with Crippen LogP contribution in [0.2, 0.25) is 0 Å². The first kappa shape index (κ1) is 14.6. The fraction of sp³-hybridized carbons (Fsp3) is 0.438. The molecular weight excluding hydrogens is 250 g/mol. The SMILES string of the molecule is CCNC(C)c1ccnc(N(C)Cc2ccc(C)o2)c1. The monoisotopic (exact) mass is 273 g/mol. The van der Waals surface area contributed by atoms with Gasteiger partial charge in [0, 0.05) is 19.3 Å². The number of pyridine rings is 1. The van der Waals surface area contributed by atoms with Crippen molar-refractivity contribution in [2.75, 3.05) is 18.5 Å². The second kappa shape index (κ2) is 6.57. The molecule has 2 aromatic heterocycles. The molecule has 20 heavy (non-hydrogen) atoms. The van der Waals surface area contributed by atoms with E-state index in [2.05, 4.69) is 41.2 Å². The summed E-state index contributed by atoms with van der Waals surface area (Å²) in [6, 6.07) is 8.52. The van der Waals surface area contributed by atoms with Crippen LogP contribution in [0.3, 0.4) is 0 Å². The fourth-order valence-corrected chi connectivity index (χ4v) is 2.22. The first-order valence-electron chi connectivity index (χ1n) is 7.06. The highest BCUT2D eigenvalue weighted by Crippen LogP contribution is 2.19. The number of anilines is 1. The lowest BCUT2D eigenvalue weighted by Gasteiger charge is -2.19. The smallest absolute Gasteiger partial charge is 0.128 e. The van der Waals surface area contributed by atoms with E-state index in [0.29, 0.717) is 6.04 Å². The Hall–Kier alpha value is -1.81. The topological polar surface area (TPSA) is 41.3 Å². The highest BCUT2D eigenvalue weighted by molar-refractivity contribution is 5.41. The van der Waals surface area contributed by atoms with Crippen LogP contribution >= 0.6 is 0 Å². The van der Waals surface area contributed by atoms with E-state index < -0.39 is 0 Å². The maximum absolute atomic E-state index is 5.61. The summed E-state index contributed by atoms with van der Waals surface area (Å²) < 4.78 is 5.61. The van der Waals surface area contributed by atoms with E-state index in [9.17, 15) is 0 Å². The van der Waals surface area contributed by atoms with Crippen LogP contribution in [-0.2, 0) is 6.54 Å². The molecule has 1 N–H and O–H groups in total. The van der Waals surface area contributed by atoms with Gasteiger partial charge < -0.3 is 14.6 Å². The highest BCUT2D eigenvalue weighted by atomic mass is 16.3. The van der Waals surface area contributed by atoms with Crippen molar-refractivity contribution in [1.82, 2.24) is 10.3 Å². The first-order chi connectivity index (χ1) is 9.60. The molecule has 0 aliphatic heterocycles. The Morgan fingerprint density at radius 1 is 1.35 bits per heavy atom. The van der Waals surface area contributed by atoms with E-state index >= 15 is 0 Å². The van der Waals surface area contributed by atoms with E-state index in [4.69, 9.17) is 4.42 Å². The van der Waals surface area contributed by atoms with Crippen molar-refractivity contribution in [3.8, 4) is 0 Å². The van der Waals surface area contributed by atoms with E-state index in [1.807, 2.05) is 32.3 Å². The molecule has 0 saturated carbocycles. The predicted octanol–water partition coefficient (Wildman–Crippen LogP) is 3.29. The summed E-state index contributed by atoms with van der Waals surface area (Å²) in [7, 11) is 2.03. The van der Waals surface area contributed by atoms with Gasteiger partial charge in [0.1, 0.15) is 17.3 Å². The zero-order valence-corrected chi connectivity index (χ0v) is 12.7. The molecule has 0 saturated heterocycles. The van der Waals surface area contributed by atoms with E-state index in [0.717, 1.165) is 30.4 Å². The van der Waals surface area contributed by atoms with Gasteiger partial charge in [0.2, 0.25) is 0 Å². The van der Waals surface area contributed by atoms with E-state index in [-0.39, 0.29) is 0 Å². The van der Waals surface area contributed by atoms with Crippen molar-refractivity contribution in [3.63, 3.8) is 0 Å². The Bertz CT molecular complexity index is 550. The minimum absolute atomic E-state index is 0.334. The van der Waals surface area contributed by atoms with Crippen LogP contribution in [0.4, 0.5) is 5.82 Å². The normalized spacial score (nSPS) is 12.4. The molecule has 0 amide bonds. The molecule has 0 aliphatic rings. The molecule has 0 radical (unpaired) electrons. The summed E-state index contributed by atoms with van der Waals surface area (Å²) in [5.41, 5.74) is 1.25. The summed E-state index contributed by atoms with van der Waals surface area (Å²) in [4.78, 5) is 6.54. The Morgan fingerprint density at radius 3 is 2.80 bits per heavy atom. The Morgan fingerprint density at radius 2 is 2.15 bits per heavy atom. The van der Waals surface area contributed by atoms with E-state index in [1.165, 1.54) is 5.56 Å². The summed E-state index contributed by atoms with van der Waals surface area (Å²) in [5, 5.41) is 3.42. The number of nitrogens with one attached hydrogen (secondary N) is 1. The molecule has 1 atom stereocenters. The van der Waals surface area contributed by atoms with Crippen LogP contribution < -0.4 is 10.2 Å². The third-order valence-electron chi connectivity index (χ3n) is 3.36. The minimum atomic E-state index is 0.334. The number of hydrogen-bond acceptors (Lipinski definition) is 4. The lowest BCUT2D eigenvalue weighted by Crippen LogP contribution is -2.20. The number of rotatable bonds is 6. The predicted molar refractivity (Wildman–Crippen MR) is 81.9 cm³/mol. The van der Waals surface area contributed by atoms with Crippen molar-refractivity contribution in [1.29, 1.82) is 0 Å². The largest absolute Gasteiger partial charge is 0.464 e. The van der Waals surface area contributed by atoms with Crippen molar-refractivity contribution in [2.45, 2.75) is 33.4 Å². The molecule has 0 aliphatic carbocycles. The second-order valence-electron chi connectivity index (χ2n) is 5.10. The number of furan rings is 1. The zero-order valence-electron chi connectivity index (χ0n) is 12.7. The summed E-state index contributed by atoms with van der Waals surface area (Å²) in [5.74, 6) is 2.86. The molecule has 2 aromatic rings. The molecule has 2 heterocycles. The minimum Gasteiger partial charge on any atom is -0.464 e. The molecule has 1 unspecified atom stereocenters. The Kier molecular flexibility index (Phi) is 4.79. The van der Waals surface area contributed by atoms with Gasteiger partial charge in [0.05, 0.1) is 6.54 Å². The van der Waals surface area contributed by atoms with Gasteiger partial charge in [-0.05, 0) is 50.2 Å². The summed E-state index contributed by atoms with van der Waals surface area (Å²) in [6.07, 6.45) is 1.86. The van der Waals surface area contributed by atoms with Gasteiger partial charge in [-0.15, -0.1) is 0 Å². The molecule has 0 fully saturated rings. The van der Waals surface area contributed by atoms with E-state index in [1.54, 1.807) is 0 Å². The summed E-state index contributed by atoms with van der Waals surface area (Å²) >= 11 is 0. The number of nitrogens with zero attached hydrogens (tertiary/aromatic N) is 2. The third kappa shape index (κ3) is 3.61. The molecule has 108 valence electrons. The second-order valence-corrected chi connectivity index (χ2v) is 5.10. The standard InChI is InChI=1S/C16H23N3O/c1-5-17-13(3)14-8-9-18-16(10-14)19(4)11-15-7-6-12(2)20-15/h6-10,13,17H,5,11H2,1-4H3. The lowest BCUT2D eigenvalue weighted by molar-refractivity contribution is 0.481. The van der Waals surface area contributed by atoms with Crippen LogP contribution in [0.15, 0.2) is 34.9 Å². The van der Waals surface area contributed by atoms with Crippen molar-refractivity contribution in [2.24, 2.45) is 0 Å². The van der Waals surface area contributed by atoms with Gasteiger partial charge in [-0.1, -0.05) is 6.92 Å². The maximum Gasteiger partial charge on any atom is 0.128 e.